The Kier molecular flexibility index (Phi) is 6.15. The zero-order chi connectivity index (χ0) is 16.1. The van der Waals surface area contributed by atoms with Gasteiger partial charge in [0.1, 0.15) is 0 Å². The fourth-order valence-corrected chi connectivity index (χ4v) is 4.67. The highest BCUT2D eigenvalue weighted by Crippen LogP contribution is 2.43. The van der Waals surface area contributed by atoms with Gasteiger partial charge in [-0.2, -0.15) is 0 Å². The third-order valence-electron chi connectivity index (χ3n) is 3.37. The maximum absolute atomic E-state index is 11.6. The van der Waals surface area contributed by atoms with Crippen LogP contribution in [0.1, 0.15) is 43.8 Å². The Hall–Kier alpha value is -1.20. The van der Waals surface area contributed by atoms with Crippen LogP contribution in [0.4, 0.5) is 0 Å². The smallest absolute Gasteiger partial charge is 0.187 e. The minimum atomic E-state index is -0.178. The van der Waals surface area contributed by atoms with Crippen LogP contribution in [0.5, 0.6) is 0 Å². The highest BCUT2D eigenvalue weighted by Gasteiger charge is 2.22. The summed E-state index contributed by atoms with van der Waals surface area (Å²) in [5, 5.41) is 1.19. The molecule has 1 aromatic carbocycles. The maximum atomic E-state index is 11.6. The van der Waals surface area contributed by atoms with Crippen molar-refractivity contribution in [2.75, 3.05) is 0 Å². The molecule has 0 saturated carbocycles. The van der Waals surface area contributed by atoms with Crippen molar-refractivity contribution in [3.63, 3.8) is 0 Å². The summed E-state index contributed by atoms with van der Waals surface area (Å²) in [7, 11) is 0. The Morgan fingerprint density at radius 3 is 2.36 bits per heavy atom. The largest absolute Gasteiger partial charge is 0.347 e. The number of carbonyl (C=O) groups excluding carboxylic acids is 2. The molecule has 3 nitrogen and oxygen atoms in total. The number of benzene rings is 1. The van der Waals surface area contributed by atoms with Crippen LogP contribution in [-0.2, 0) is 16.1 Å². The minimum Gasteiger partial charge on any atom is -0.347 e. The van der Waals surface area contributed by atoms with Crippen molar-refractivity contribution in [1.82, 2.24) is 4.57 Å². The van der Waals surface area contributed by atoms with E-state index in [-0.39, 0.29) is 14.8 Å². The molecule has 0 aliphatic heterocycles. The fraction of sp³-hybridized carbons (Fsp3) is 0.412. The van der Waals surface area contributed by atoms with Gasteiger partial charge >= 0.3 is 0 Å². The zero-order valence-corrected chi connectivity index (χ0v) is 14.8. The van der Waals surface area contributed by atoms with Gasteiger partial charge < -0.3 is 4.57 Å². The third kappa shape index (κ3) is 4.17. The highest BCUT2D eigenvalue weighted by molar-refractivity contribution is 8.29. The molecule has 0 N–H and O–H groups in total. The minimum absolute atomic E-state index is 0.0316. The molecule has 2 rings (SSSR count). The quantitative estimate of drug-likeness (QED) is 0.696. The van der Waals surface area contributed by atoms with E-state index in [1.165, 1.54) is 29.0 Å². The summed E-state index contributed by atoms with van der Waals surface area (Å²) in [5.41, 5.74) is 2.23. The van der Waals surface area contributed by atoms with Crippen LogP contribution in [0.15, 0.2) is 30.5 Å². The lowest BCUT2D eigenvalue weighted by molar-refractivity contribution is -0.109. The lowest BCUT2D eigenvalue weighted by Crippen LogP contribution is -1.97. The first-order valence-corrected chi connectivity index (χ1v) is 9.21. The number of para-hydroxylation sites is 1. The summed E-state index contributed by atoms with van der Waals surface area (Å²) in [6.07, 6.45) is 4.36. The first-order chi connectivity index (χ1) is 10.5. The molecule has 0 unspecified atom stereocenters. The number of aromatic nitrogens is 1. The van der Waals surface area contributed by atoms with Gasteiger partial charge in [0.25, 0.3) is 0 Å². The monoisotopic (exact) mass is 335 g/mol. The first kappa shape index (κ1) is 17.2. The Labute approximate surface area is 139 Å². The molecule has 0 aliphatic rings. The van der Waals surface area contributed by atoms with Crippen LogP contribution in [0, 0.1) is 0 Å². The van der Waals surface area contributed by atoms with Gasteiger partial charge in [0, 0.05) is 43.1 Å². The predicted molar refractivity (Wildman–Crippen MR) is 96.1 cm³/mol. The van der Waals surface area contributed by atoms with Crippen molar-refractivity contribution in [1.29, 1.82) is 0 Å². The summed E-state index contributed by atoms with van der Waals surface area (Å²) in [4.78, 5) is 23.1. The molecule has 0 saturated heterocycles. The Bertz CT molecular complexity index is 662. The first-order valence-electron chi connectivity index (χ1n) is 7.45. The molecule has 0 spiro atoms. The molecule has 2 aromatic rings. The van der Waals surface area contributed by atoms with Gasteiger partial charge in [-0.15, -0.1) is 0 Å². The molecule has 0 bridgehead atoms. The van der Waals surface area contributed by atoms with Crippen molar-refractivity contribution in [2.24, 2.45) is 0 Å². The van der Waals surface area contributed by atoms with E-state index >= 15 is 0 Å². The number of fused-ring (bicyclic) bond motifs is 1. The van der Waals surface area contributed by atoms with Crippen molar-refractivity contribution in [3.8, 4) is 0 Å². The Morgan fingerprint density at radius 2 is 1.77 bits per heavy atom. The number of rotatable bonds is 6. The van der Waals surface area contributed by atoms with Crippen LogP contribution >= 0.6 is 23.5 Å². The molecule has 1 aromatic heterocycles. The van der Waals surface area contributed by atoms with E-state index in [4.69, 9.17) is 0 Å². The topological polar surface area (TPSA) is 39.1 Å². The molecular formula is C17H21NO2S2. The number of hydrogen-bond acceptors (Lipinski definition) is 4. The summed E-state index contributed by atoms with van der Waals surface area (Å²) < 4.78 is 2.06. The van der Waals surface area contributed by atoms with Gasteiger partial charge in [0.2, 0.25) is 0 Å². The normalized spacial score (nSPS) is 11.3. The lowest BCUT2D eigenvalue weighted by atomic mass is 10.2. The van der Waals surface area contributed by atoms with E-state index in [2.05, 4.69) is 29.8 Å². The van der Waals surface area contributed by atoms with E-state index in [1.807, 2.05) is 12.1 Å². The highest BCUT2D eigenvalue weighted by atomic mass is 32.2. The van der Waals surface area contributed by atoms with Crippen molar-refractivity contribution >= 4 is 44.7 Å². The summed E-state index contributed by atoms with van der Waals surface area (Å²) in [5.74, 6) is 0. The number of unbranched alkanes of at least 4 members (excludes halogenated alkanes) is 1. The van der Waals surface area contributed by atoms with Gasteiger partial charge in [-0.1, -0.05) is 55.1 Å². The molecule has 0 amide bonds. The number of hydrogen-bond donors (Lipinski definition) is 0. The zero-order valence-electron chi connectivity index (χ0n) is 13.2. The van der Waals surface area contributed by atoms with Gasteiger partial charge in [-0.25, -0.2) is 0 Å². The van der Waals surface area contributed by atoms with E-state index < -0.39 is 0 Å². The van der Waals surface area contributed by atoms with Crippen LogP contribution in [-0.4, -0.2) is 14.8 Å². The second-order valence-corrected chi connectivity index (χ2v) is 8.06. The summed E-state index contributed by atoms with van der Waals surface area (Å²) in [6, 6.07) is 8.20. The van der Waals surface area contributed by atoms with Crippen LogP contribution in [0.3, 0.4) is 0 Å². The van der Waals surface area contributed by atoms with Crippen molar-refractivity contribution < 1.29 is 9.59 Å². The van der Waals surface area contributed by atoms with Crippen LogP contribution in [0.25, 0.3) is 10.9 Å². The SMILES string of the molecule is CCCCn1cc(C(SC(C)=O)SC(C)=O)c2ccccc21. The standard InChI is InChI=1S/C17H21NO2S2/c1-4-5-10-18-11-15(14-8-6-7-9-16(14)18)17(21-12(2)19)22-13(3)20/h6-9,11,17H,4-5,10H2,1-3H3. The molecule has 5 heteroatoms. The van der Waals surface area contributed by atoms with Crippen LogP contribution in [0.2, 0.25) is 0 Å². The number of aryl methyl sites for hydroxylation is 1. The lowest BCUT2D eigenvalue weighted by Gasteiger charge is -2.11. The second-order valence-electron chi connectivity index (χ2n) is 5.20. The second kappa shape index (κ2) is 7.88. The van der Waals surface area contributed by atoms with E-state index in [9.17, 15) is 9.59 Å². The molecular weight excluding hydrogens is 314 g/mol. The maximum Gasteiger partial charge on any atom is 0.187 e. The average Bonchev–Trinajstić information content (AvgIpc) is 2.82. The van der Waals surface area contributed by atoms with E-state index in [1.54, 1.807) is 13.8 Å². The predicted octanol–water partition coefficient (Wildman–Crippen LogP) is 5.00. The molecule has 0 atom stereocenters. The van der Waals surface area contributed by atoms with Crippen molar-refractivity contribution in [2.45, 2.75) is 44.7 Å². The number of thioether (sulfide) groups is 2. The summed E-state index contributed by atoms with van der Waals surface area (Å²) >= 11 is 2.45. The molecule has 1 heterocycles. The van der Waals surface area contributed by atoms with Gasteiger partial charge in [-0.05, 0) is 12.5 Å². The Morgan fingerprint density at radius 1 is 1.14 bits per heavy atom. The molecule has 0 fully saturated rings. The molecule has 22 heavy (non-hydrogen) atoms. The third-order valence-corrected chi connectivity index (χ3v) is 5.55. The van der Waals surface area contributed by atoms with Crippen LogP contribution < -0.4 is 0 Å². The Balaban J connectivity index is 2.46. The molecule has 118 valence electrons. The van der Waals surface area contributed by atoms with E-state index in [0.717, 1.165) is 30.3 Å². The number of carbonyl (C=O) groups is 2. The van der Waals surface area contributed by atoms with Gasteiger partial charge in [-0.3, -0.25) is 9.59 Å². The summed E-state index contributed by atoms with van der Waals surface area (Å²) in [6.45, 7) is 6.23. The molecule has 0 aliphatic carbocycles. The average molecular weight is 335 g/mol. The van der Waals surface area contributed by atoms with Gasteiger partial charge in [0.15, 0.2) is 10.2 Å². The van der Waals surface area contributed by atoms with E-state index in [0.29, 0.717) is 0 Å². The fourth-order valence-electron chi connectivity index (χ4n) is 2.43. The number of nitrogens with zero attached hydrogens (tertiary/aromatic N) is 1. The van der Waals surface area contributed by atoms with Gasteiger partial charge in [0.05, 0.1) is 4.58 Å². The molecule has 0 radical (unpaired) electrons. The van der Waals surface area contributed by atoms with Crippen molar-refractivity contribution in [3.05, 3.63) is 36.0 Å².